The zero-order valence-corrected chi connectivity index (χ0v) is 8.42. The number of aromatic hydroxyl groups is 1. The monoisotopic (exact) mass is 239 g/mol. The lowest BCUT2D eigenvalue weighted by molar-refractivity contribution is 0.101. The molecule has 0 unspecified atom stereocenters. The van der Waals surface area contributed by atoms with E-state index < -0.39 is 0 Å². The van der Waals surface area contributed by atoms with Crippen LogP contribution in [0.3, 0.4) is 0 Å². The molecule has 1 aromatic rings. The molecule has 1 rings (SSSR count). The van der Waals surface area contributed by atoms with E-state index in [-0.39, 0.29) is 17.1 Å². The molecule has 66 valence electrons. The Morgan fingerprint density at radius 2 is 2.23 bits per heavy atom. The molecular weight excluding hydrogens is 234 g/mol. The number of ketones is 1. The van der Waals surface area contributed by atoms with Crippen LogP contribution >= 0.6 is 15.9 Å². The van der Waals surface area contributed by atoms with Crippen LogP contribution in [0.2, 0.25) is 0 Å². The molecule has 0 bridgehead atoms. The van der Waals surface area contributed by atoms with Crippen molar-refractivity contribution in [1.29, 1.82) is 5.26 Å². The molecule has 1 N–H and O–H groups in total. The van der Waals surface area contributed by atoms with Crippen molar-refractivity contribution in [2.45, 2.75) is 6.92 Å². The molecule has 0 heterocycles. The lowest BCUT2D eigenvalue weighted by atomic mass is 10.1. The third-order valence-electron chi connectivity index (χ3n) is 1.55. The molecule has 13 heavy (non-hydrogen) atoms. The number of nitrogens with zero attached hydrogens (tertiary/aromatic N) is 1. The molecule has 0 amide bonds. The van der Waals surface area contributed by atoms with Gasteiger partial charge in [-0.25, -0.2) is 0 Å². The van der Waals surface area contributed by atoms with E-state index in [1.54, 1.807) is 0 Å². The quantitative estimate of drug-likeness (QED) is 0.765. The molecule has 0 aliphatic carbocycles. The normalized spacial score (nSPS) is 9.31. The van der Waals surface area contributed by atoms with Crippen molar-refractivity contribution in [3.63, 3.8) is 0 Å². The Bertz CT molecular complexity index is 407. The lowest BCUT2D eigenvalue weighted by Crippen LogP contribution is -1.97. The standard InChI is InChI=1S/C9H6BrNO2/c1-5(12)9-6(4-11)2-7(13)3-8(9)10/h2-3,13H,1H3. The van der Waals surface area contributed by atoms with Crippen LogP contribution < -0.4 is 0 Å². The highest BCUT2D eigenvalue weighted by Gasteiger charge is 2.12. The molecule has 4 heteroatoms. The van der Waals surface area contributed by atoms with Gasteiger partial charge in [-0.05, 0) is 35.0 Å². The van der Waals surface area contributed by atoms with E-state index in [1.165, 1.54) is 19.1 Å². The highest BCUT2D eigenvalue weighted by atomic mass is 79.9. The van der Waals surface area contributed by atoms with Crippen LogP contribution in [0.25, 0.3) is 0 Å². The first-order valence-corrected chi connectivity index (χ1v) is 4.29. The number of benzene rings is 1. The number of phenols is 1. The summed E-state index contributed by atoms with van der Waals surface area (Å²) in [6, 6.07) is 4.50. The van der Waals surface area contributed by atoms with Gasteiger partial charge in [-0.3, -0.25) is 4.79 Å². The largest absolute Gasteiger partial charge is 0.508 e. The van der Waals surface area contributed by atoms with Crippen LogP contribution in [0.5, 0.6) is 5.75 Å². The molecule has 1 aromatic carbocycles. The second kappa shape index (κ2) is 3.58. The maximum absolute atomic E-state index is 11.1. The summed E-state index contributed by atoms with van der Waals surface area (Å²) in [7, 11) is 0. The molecular formula is C9H6BrNO2. The van der Waals surface area contributed by atoms with Gasteiger partial charge in [-0.1, -0.05) is 0 Å². The summed E-state index contributed by atoms with van der Waals surface area (Å²) >= 11 is 3.11. The van der Waals surface area contributed by atoms with Crippen molar-refractivity contribution in [1.82, 2.24) is 0 Å². The first-order valence-electron chi connectivity index (χ1n) is 3.50. The van der Waals surface area contributed by atoms with Crippen LogP contribution in [0.1, 0.15) is 22.8 Å². The smallest absolute Gasteiger partial charge is 0.162 e. The maximum Gasteiger partial charge on any atom is 0.162 e. The van der Waals surface area contributed by atoms with Crippen LogP contribution in [-0.2, 0) is 0 Å². The average molecular weight is 240 g/mol. The van der Waals surface area contributed by atoms with E-state index >= 15 is 0 Å². The molecule has 0 spiro atoms. The van der Waals surface area contributed by atoms with E-state index in [0.717, 1.165) is 0 Å². The minimum atomic E-state index is -0.205. The predicted molar refractivity (Wildman–Crippen MR) is 50.5 cm³/mol. The number of rotatable bonds is 1. The van der Waals surface area contributed by atoms with Gasteiger partial charge < -0.3 is 5.11 Å². The minimum Gasteiger partial charge on any atom is -0.508 e. The van der Waals surface area contributed by atoms with Crippen molar-refractivity contribution in [3.05, 3.63) is 27.7 Å². The molecule has 0 aromatic heterocycles. The van der Waals surface area contributed by atoms with Gasteiger partial charge >= 0.3 is 0 Å². The third-order valence-corrected chi connectivity index (χ3v) is 2.17. The fourth-order valence-electron chi connectivity index (χ4n) is 1.04. The highest BCUT2D eigenvalue weighted by Crippen LogP contribution is 2.26. The number of nitriles is 1. The average Bonchev–Trinajstić information content (AvgIpc) is 2.01. The van der Waals surface area contributed by atoms with Gasteiger partial charge in [0.2, 0.25) is 0 Å². The van der Waals surface area contributed by atoms with E-state index in [0.29, 0.717) is 10.0 Å². The van der Waals surface area contributed by atoms with Crippen LogP contribution in [0, 0.1) is 11.3 Å². The molecule has 0 fully saturated rings. The van der Waals surface area contributed by atoms with Gasteiger partial charge in [-0.2, -0.15) is 5.26 Å². The first-order chi connectivity index (χ1) is 6.06. The Balaban J connectivity index is 3.50. The second-order valence-corrected chi connectivity index (χ2v) is 3.37. The maximum atomic E-state index is 11.1. The number of halogens is 1. The van der Waals surface area contributed by atoms with E-state index in [1.807, 2.05) is 6.07 Å². The van der Waals surface area contributed by atoms with Crippen molar-refractivity contribution in [2.75, 3.05) is 0 Å². The number of phenolic OH excluding ortho intramolecular Hbond substituents is 1. The van der Waals surface area contributed by atoms with Crippen LogP contribution in [0.4, 0.5) is 0 Å². The van der Waals surface area contributed by atoms with Crippen molar-refractivity contribution in [3.8, 4) is 11.8 Å². The first kappa shape index (κ1) is 9.75. The molecule has 0 radical (unpaired) electrons. The Labute approximate surface area is 83.7 Å². The van der Waals surface area contributed by atoms with E-state index in [2.05, 4.69) is 15.9 Å². The molecule has 0 saturated heterocycles. The lowest BCUT2D eigenvalue weighted by Gasteiger charge is -2.03. The topological polar surface area (TPSA) is 61.1 Å². The Morgan fingerprint density at radius 1 is 1.62 bits per heavy atom. The van der Waals surface area contributed by atoms with Crippen molar-refractivity contribution < 1.29 is 9.90 Å². The van der Waals surface area contributed by atoms with Crippen molar-refractivity contribution >= 4 is 21.7 Å². The van der Waals surface area contributed by atoms with E-state index in [4.69, 9.17) is 10.4 Å². The Morgan fingerprint density at radius 3 is 2.69 bits per heavy atom. The summed E-state index contributed by atoms with van der Waals surface area (Å²) in [6.07, 6.45) is 0. The summed E-state index contributed by atoms with van der Waals surface area (Å²) in [5.41, 5.74) is 0.486. The summed E-state index contributed by atoms with van der Waals surface area (Å²) < 4.78 is 0.441. The van der Waals surface area contributed by atoms with Gasteiger partial charge in [0.25, 0.3) is 0 Å². The van der Waals surface area contributed by atoms with E-state index in [9.17, 15) is 4.79 Å². The van der Waals surface area contributed by atoms with Gasteiger partial charge in [0.15, 0.2) is 5.78 Å². The molecule has 0 atom stereocenters. The Kier molecular flexibility index (Phi) is 2.69. The number of hydrogen-bond donors (Lipinski definition) is 1. The minimum absolute atomic E-state index is 0.0339. The number of carbonyl (C=O) groups is 1. The van der Waals surface area contributed by atoms with Crippen molar-refractivity contribution in [2.24, 2.45) is 0 Å². The van der Waals surface area contributed by atoms with Gasteiger partial charge in [0.1, 0.15) is 11.8 Å². The number of hydrogen-bond acceptors (Lipinski definition) is 3. The predicted octanol–water partition coefficient (Wildman–Crippen LogP) is 2.23. The van der Waals surface area contributed by atoms with Gasteiger partial charge in [0.05, 0.1) is 5.56 Å². The second-order valence-electron chi connectivity index (χ2n) is 2.52. The van der Waals surface area contributed by atoms with Gasteiger partial charge in [-0.15, -0.1) is 0 Å². The summed E-state index contributed by atoms with van der Waals surface area (Å²) in [6.45, 7) is 1.37. The summed E-state index contributed by atoms with van der Waals surface area (Å²) in [5, 5.41) is 17.8. The zero-order chi connectivity index (χ0) is 10.0. The third kappa shape index (κ3) is 1.87. The van der Waals surface area contributed by atoms with Crippen LogP contribution in [0.15, 0.2) is 16.6 Å². The number of Topliss-reactive ketones (excluding diaryl/α,β-unsaturated/α-hetero) is 1. The summed E-state index contributed by atoms with van der Waals surface area (Å²) in [5.74, 6) is -0.239. The van der Waals surface area contributed by atoms with Gasteiger partial charge in [0, 0.05) is 10.0 Å². The fraction of sp³-hybridized carbons (Fsp3) is 0.111. The highest BCUT2D eigenvalue weighted by molar-refractivity contribution is 9.10. The SMILES string of the molecule is CC(=O)c1c(Br)cc(O)cc1C#N. The van der Waals surface area contributed by atoms with Crippen LogP contribution in [-0.4, -0.2) is 10.9 Å². The molecule has 0 saturated carbocycles. The fourth-order valence-corrected chi connectivity index (χ4v) is 1.77. The molecule has 3 nitrogen and oxygen atoms in total. The molecule has 0 aliphatic heterocycles. The molecule has 0 aliphatic rings. The number of carbonyl (C=O) groups excluding carboxylic acids is 1. The Hall–Kier alpha value is -1.34. The zero-order valence-electron chi connectivity index (χ0n) is 6.84. The summed E-state index contributed by atoms with van der Waals surface area (Å²) in [4.78, 5) is 11.1.